The van der Waals surface area contributed by atoms with Crippen LogP contribution in [0.25, 0.3) is 0 Å². The van der Waals surface area contributed by atoms with Gasteiger partial charge in [-0.1, -0.05) is 6.92 Å². The number of aliphatic hydroxyl groups excluding tert-OH is 1. The normalized spacial score (nSPS) is 24.0. The molecule has 0 unspecified atom stereocenters. The second-order valence-electron chi connectivity index (χ2n) is 2.33. The molecular weight excluding hydrogens is 104 g/mol. The maximum atomic E-state index is 9.11. The van der Waals surface area contributed by atoms with Gasteiger partial charge in [0, 0.05) is 0 Å². The average molecular weight is 115 g/mol. The van der Waals surface area contributed by atoms with E-state index < -0.39 is 5.60 Å². The van der Waals surface area contributed by atoms with Crippen LogP contribution in [-0.4, -0.2) is 15.8 Å². The molecule has 1 radical (unpaired) electrons. The smallest absolute Gasteiger partial charge is 0.124 e. The third kappa shape index (κ3) is 0.858. The first kappa shape index (κ1) is 6.05. The van der Waals surface area contributed by atoms with E-state index in [9.17, 15) is 0 Å². The lowest BCUT2D eigenvalue weighted by Gasteiger charge is -2.11. The van der Waals surface area contributed by atoms with Gasteiger partial charge in [0.25, 0.3) is 0 Å². The van der Waals surface area contributed by atoms with Gasteiger partial charge in [0.1, 0.15) is 6.10 Å². The summed E-state index contributed by atoms with van der Waals surface area (Å²) in [6, 6.07) is 0. The van der Waals surface area contributed by atoms with E-state index in [1.54, 1.807) is 0 Å². The third-order valence-corrected chi connectivity index (χ3v) is 1.60. The van der Waals surface area contributed by atoms with Crippen LogP contribution in [0.4, 0.5) is 0 Å². The van der Waals surface area contributed by atoms with Crippen LogP contribution in [0.3, 0.4) is 0 Å². The molecule has 1 saturated carbocycles. The van der Waals surface area contributed by atoms with Crippen LogP contribution in [0.5, 0.6) is 0 Å². The van der Waals surface area contributed by atoms with Crippen LogP contribution in [0, 0.1) is 6.10 Å². The third-order valence-electron chi connectivity index (χ3n) is 1.60. The lowest BCUT2D eigenvalue weighted by atomic mass is 10.1. The minimum Gasteiger partial charge on any atom is -0.387 e. The van der Waals surface area contributed by atoms with E-state index in [0.29, 0.717) is 6.42 Å². The van der Waals surface area contributed by atoms with Crippen molar-refractivity contribution in [3.05, 3.63) is 6.10 Å². The van der Waals surface area contributed by atoms with Gasteiger partial charge < -0.3 is 10.2 Å². The van der Waals surface area contributed by atoms with Crippen molar-refractivity contribution in [1.29, 1.82) is 0 Å². The molecular formula is C6H11O2. The molecule has 0 spiro atoms. The molecule has 1 aliphatic carbocycles. The summed E-state index contributed by atoms with van der Waals surface area (Å²) in [5.41, 5.74) is -0.769. The van der Waals surface area contributed by atoms with Gasteiger partial charge in [-0.05, 0) is 19.3 Å². The highest BCUT2D eigenvalue weighted by molar-refractivity contribution is 5.09. The highest BCUT2D eigenvalue weighted by Crippen LogP contribution is 2.43. The SMILES string of the molecule is CC[C](O)C1(O)CC1. The first-order chi connectivity index (χ1) is 3.69. The fourth-order valence-corrected chi connectivity index (χ4v) is 0.736. The van der Waals surface area contributed by atoms with Gasteiger partial charge in [-0.25, -0.2) is 0 Å². The van der Waals surface area contributed by atoms with E-state index in [2.05, 4.69) is 0 Å². The van der Waals surface area contributed by atoms with E-state index in [1.165, 1.54) is 0 Å². The molecule has 0 saturated heterocycles. The summed E-state index contributed by atoms with van der Waals surface area (Å²) >= 11 is 0. The van der Waals surface area contributed by atoms with Crippen molar-refractivity contribution in [2.24, 2.45) is 0 Å². The van der Waals surface area contributed by atoms with Crippen molar-refractivity contribution < 1.29 is 10.2 Å². The summed E-state index contributed by atoms with van der Waals surface area (Å²) in [5.74, 6) is 0. The zero-order valence-electron chi connectivity index (χ0n) is 5.02. The predicted molar refractivity (Wildman–Crippen MR) is 29.7 cm³/mol. The first-order valence-corrected chi connectivity index (χ1v) is 2.96. The van der Waals surface area contributed by atoms with Crippen LogP contribution in [-0.2, 0) is 0 Å². The van der Waals surface area contributed by atoms with E-state index in [4.69, 9.17) is 10.2 Å². The van der Waals surface area contributed by atoms with Crippen LogP contribution >= 0.6 is 0 Å². The predicted octanol–water partition coefficient (Wildman–Crippen LogP) is 0.826. The van der Waals surface area contributed by atoms with E-state index in [0.717, 1.165) is 12.8 Å². The summed E-state index contributed by atoms with van der Waals surface area (Å²) in [6.07, 6.45) is 2.31. The molecule has 0 aromatic rings. The molecule has 0 heterocycles. The second-order valence-corrected chi connectivity index (χ2v) is 2.33. The van der Waals surface area contributed by atoms with Gasteiger partial charge in [-0.2, -0.15) is 0 Å². The summed E-state index contributed by atoms with van der Waals surface area (Å²) < 4.78 is 0. The van der Waals surface area contributed by atoms with Crippen molar-refractivity contribution in [3.63, 3.8) is 0 Å². The van der Waals surface area contributed by atoms with E-state index in [-0.39, 0.29) is 6.10 Å². The Labute approximate surface area is 49.1 Å². The van der Waals surface area contributed by atoms with E-state index in [1.807, 2.05) is 6.92 Å². The van der Waals surface area contributed by atoms with Crippen molar-refractivity contribution in [2.75, 3.05) is 0 Å². The van der Waals surface area contributed by atoms with Crippen molar-refractivity contribution in [2.45, 2.75) is 31.8 Å². The molecule has 2 N–H and O–H groups in total. The van der Waals surface area contributed by atoms with Crippen molar-refractivity contribution in [3.8, 4) is 0 Å². The van der Waals surface area contributed by atoms with Crippen LogP contribution < -0.4 is 0 Å². The van der Waals surface area contributed by atoms with Gasteiger partial charge >= 0.3 is 0 Å². The standard InChI is InChI=1S/C6H11O2/c1-2-5(7)6(8)3-4-6/h7-8H,2-4H2,1H3. The molecule has 2 heteroatoms. The summed E-state index contributed by atoms with van der Waals surface area (Å²) in [6.45, 7) is 1.84. The Morgan fingerprint density at radius 1 is 1.62 bits per heavy atom. The monoisotopic (exact) mass is 115 g/mol. The zero-order valence-corrected chi connectivity index (χ0v) is 5.02. The maximum absolute atomic E-state index is 9.11. The number of hydrogen-bond acceptors (Lipinski definition) is 2. The average Bonchev–Trinajstić information content (AvgIpc) is 2.47. The second kappa shape index (κ2) is 1.71. The molecule has 0 aromatic heterocycles. The molecule has 8 heavy (non-hydrogen) atoms. The minimum absolute atomic E-state index is 0.248. The fraction of sp³-hybridized carbons (Fsp3) is 0.833. The molecule has 0 atom stereocenters. The van der Waals surface area contributed by atoms with Gasteiger partial charge in [-0.15, -0.1) is 0 Å². The summed E-state index contributed by atoms with van der Waals surface area (Å²) in [4.78, 5) is 0. The fourth-order valence-electron chi connectivity index (χ4n) is 0.736. The zero-order chi connectivity index (χ0) is 6.20. The Morgan fingerprint density at radius 3 is 2.25 bits per heavy atom. The van der Waals surface area contributed by atoms with Gasteiger partial charge in [0.05, 0.1) is 5.60 Å². The molecule has 1 fully saturated rings. The van der Waals surface area contributed by atoms with Gasteiger partial charge in [0.2, 0.25) is 0 Å². The Bertz CT molecular complexity index is 86.5. The van der Waals surface area contributed by atoms with Gasteiger partial charge in [0.15, 0.2) is 0 Å². The molecule has 0 aromatic carbocycles. The lowest BCUT2D eigenvalue weighted by Crippen LogP contribution is -2.17. The minimum atomic E-state index is -0.769. The quantitative estimate of drug-likeness (QED) is 0.559. The largest absolute Gasteiger partial charge is 0.387 e. The number of aliphatic hydroxyl groups is 2. The molecule has 1 aliphatic rings. The van der Waals surface area contributed by atoms with Crippen LogP contribution in [0.2, 0.25) is 0 Å². The number of hydrogen-bond donors (Lipinski definition) is 2. The van der Waals surface area contributed by atoms with E-state index >= 15 is 0 Å². The number of rotatable bonds is 2. The topological polar surface area (TPSA) is 40.5 Å². The van der Waals surface area contributed by atoms with Crippen LogP contribution in [0.15, 0.2) is 0 Å². The molecule has 0 bridgehead atoms. The van der Waals surface area contributed by atoms with Crippen LogP contribution in [0.1, 0.15) is 26.2 Å². The maximum Gasteiger partial charge on any atom is 0.124 e. The molecule has 47 valence electrons. The Kier molecular flexibility index (Phi) is 1.29. The molecule has 0 amide bonds. The Morgan fingerprint density at radius 2 is 2.12 bits per heavy atom. The Hall–Kier alpha value is -0.0800. The van der Waals surface area contributed by atoms with Crippen molar-refractivity contribution in [1.82, 2.24) is 0 Å². The highest BCUT2D eigenvalue weighted by atomic mass is 16.3. The van der Waals surface area contributed by atoms with Crippen molar-refractivity contribution >= 4 is 0 Å². The first-order valence-electron chi connectivity index (χ1n) is 2.96. The summed E-state index contributed by atoms with van der Waals surface area (Å²) in [7, 11) is 0. The lowest BCUT2D eigenvalue weighted by molar-refractivity contribution is 0.0732. The molecule has 2 nitrogen and oxygen atoms in total. The van der Waals surface area contributed by atoms with Gasteiger partial charge in [-0.3, -0.25) is 0 Å². The highest BCUT2D eigenvalue weighted by Gasteiger charge is 2.46. The molecule has 0 aliphatic heterocycles. The molecule has 1 rings (SSSR count). The summed E-state index contributed by atoms with van der Waals surface area (Å²) in [5, 5.41) is 18.0. The Balaban J connectivity index is 2.34.